The molecule has 1 amide bonds. The molecule has 0 bridgehead atoms. The van der Waals surface area contributed by atoms with Crippen LogP contribution in [0.25, 0.3) is 0 Å². The third-order valence-corrected chi connectivity index (χ3v) is 3.32. The van der Waals surface area contributed by atoms with Crippen LogP contribution in [0.2, 0.25) is 0 Å². The lowest BCUT2D eigenvalue weighted by Crippen LogP contribution is -2.13. The van der Waals surface area contributed by atoms with Crippen molar-refractivity contribution in [2.75, 3.05) is 5.32 Å². The molecule has 5 heteroatoms. The SMILES string of the molecule is O=C(Nc1cccc(OCc2ccccn2)c1)c1ccccc1F. The van der Waals surface area contributed by atoms with Crippen molar-refractivity contribution in [1.29, 1.82) is 0 Å². The number of benzene rings is 2. The fourth-order valence-electron chi connectivity index (χ4n) is 2.15. The molecule has 1 N–H and O–H groups in total. The van der Waals surface area contributed by atoms with Crippen molar-refractivity contribution in [1.82, 2.24) is 4.98 Å². The molecule has 0 radical (unpaired) electrons. The average Bonchev–Trinajstić information content (AvgIpc) is 2.61. The van der Waals surface area contributed by atoms with Crippen LogP contribution in [0, 0.1) is 5.82 Å². The van der Waals surface area contributed by atoms with Gasteiger partial charge in [-0.25, -0.2) is 4.39 Å². The van der Waals surface area contributed by atoms with E-state index >= 15 is 0 Å². The maximum Gasteiger partial charge on any atom is 0.258 e. The van der Waals surface area contributed by atoms with Crippen LogP contribution >= 0.6 is 0 Å². The molecule has 4 nitrogen and oxygen atoms in total. The Morgan fingerprint density at radius 2 is 1.88 bits per heavy atom. The Labute approximate surface area is 138 Å². The van der Waals surface area contributed by atoms with Gasteiger partial charge in [-0.1, -0.05) is 24.3 Å². The van der Waals surface area contributed by atoms with Crippen LogP contribution in [-0.4, -0.2) is 10.9 Å². The van der Waals surface area contributed by atoms with E-state index in [1.165, 1.54) is 18.2 Å². The van der Waals surface area contributed by atoms with E-state index in [4.69, 9.17) is 4.74 Å². The van der Waals surface area contributed by atoms with Gasteiger partial charge in [0.25, 0.3) is 5.91 Å². The Bertz CT molecular complexity index is 838. The molecule has 24 heavy (non-hydrogen) atoms. The van der Waals surface area contributed by atoms with E-state index in [0.717, 1.165) is 5.69 Å². The second-order valence-corrected chi connectivity index (χ2v) is 5.07. The van der Waals surface area contributed by atoms with Gasteiger partial charge in [0, 0.05) is 18.0 Å². The van der Waals surface area contributed by atoms with Crippen molar-refractivity contribution in [3.05, 3.63) is 90.0 Å². The number of aromatic nitrogens is 1. The summed E-state index contributed by atoms with van der Waals surface area (Å²) in [6.07, 6.45) is 1.70. The lowest BCUT2D eigenvalue weighted by molar-refractivity contribution is 0.102. The number of carbonyl (C=O) groups excluding carboxylic acids is 1. The van der Waals surface area contributed by atoms with Crippen LogP contribution in [0.5, 0.6) is 5.75 Å². The monoisotopic (exact) mass is 322 g/mol. The number of pyridine rings is 1. The second kappa shape index (κ2) is 7.37. The van der Waals surface area contributed by atoms with Crippen LogP contribution < -0.4 is 10.1 Å². The molecule has 120 valence electrons. The summed E-state index contributed by atoms with van der Waals surface area (Å²) in [5, 5.41) is 2.66. The highest BCUT2D eigenvalue weighted by Crippen LogP contribution is 2.19. The van der Waals surface area contributed by atoms with E-state index in [1.807, 2.05) is 18.2 Å². The predicted octanol–water partition coefficient (Wildman–Crippen LogP) is 4.05. The first-order valence-electron chi connectivity index (χ1n) is 7.41. The Morgan fingerprint density at radius 3 is 2.67 bits per heavy atom. The van der Waals surface area contributed by atoms with Crippen molar-refractivity contribution in [2.45, 2.75) is 6.61 Å². The third kappa shape index (κ3) is 3.95. The third-order valence-electron chi connectivity index (χ3n) is 3.32. The topological polar surface area (TPSA) is 51.2 Å². The largest absolute Gasteiger partial charge is 0.487 e. The van der Waals surface area contributed by atoms with Crippen LogP contribution in [0.15, 0.2) is 72.9 Å². The molecule has 0 saturated heterocycles. The maximum atomic E-state index is 13.6. The van der Waals surface area contributed by atoms with E-state index < -0.39 is 11.7 Å². The molecule has 2 aromatic carbocycles. The molecule has 1 aromatic heterocycles. The fraction of sp³-hybridized carbons (Fsp3) is 0.0526. The minimum atomic E-state index is -0.558. The van der Waals surface area contributed by atoms with Crippen molar-refractivity contribution >= 4 is 11.6 Å². The first kappa shape index (κ1) is 15.7. The van der Waals surface area contributed by atoms with E-state index in [1.54, 1.807) is 36.5 Å². The molecule has 0 unspecified atom stereocenters. The molecule has 1 heterocycles. The van der Waals surface area contributed by atoms with Gasteiger partial charge in [-0.15, -0.1) is 0 Å². The molecule has 0 aliphatic carbocycles. The maximum absolute atomic E-state index is 13.6. The number of carbonyl (C=O) groups is 1. The van der Waals surface area contributed by atoms with E-state index in [9.17, 15) is 9.18 Å². The number of nitrogens with one attached hydrogen (secondary N) is 1. The summed E-state index contributed by atoms with van der Waals surface area (Å²) >= 11 is 0. The van der Waals surface area contributed by atoms with Gasteiger partial charge in [0.1, 0.15) is 18.2 Å². The molecule has 0 aliphatic heterocycles. The Hall–Kier alpha value is -3.21. The zero-order valence-corrected chi connectivity index (χ0v) is 12.8. The highest BCUT2D eigenvalue weighted by atomic mass is 19.1. The molecule has 3 rings (SSSR count). The van der Waals surface area contributed by atoms with Gasteiger partial charge in [-0.2, -0.15) is 0 Å². The smallest absolute Gasteiger partial charge is 0.258 e. The predicted molar refractivity (Wildman–Crippen MR) is 89.4 cm³/mol. The number of halogens is 1. The molecule has 0 spiro atoms. The number of hydrogen-bond acceptors (Lipinski definition) is 3. The Kier molecular flexibility index (Phi) is 4.81. The first-order chi connectivity index (χ1) is 11.7. The molecule has 0 saturated carbocycles. The molecule has 0 fully saturated rings. The van der Waals surface area contributed by atoms with Gasteiger partial charge in [-0.3, -0.25) is 9.78 Å². The number of amides is 1. The van der Waals surface area contributed by atoms with Gasteiger partial charge in [0.2, 0.25) is 0 Å². The van der Waals surface area contributed by atoms with Gasteiger partial charge in [0.05, 0.1) is 11.3 Å². The zero-order chi connectivity index (χ0) is 16.8. The van der Waals surface area contributed by atoms with Gasteiger partial charge < -0.3 is 10.1 Å². The number of anilines is 1. The molecule has 0 aliphatic rings. The van der Waals surface area contributed by atoms with E-state index in [-0.39, 0.29) is 5.56 Å². The molecular weight excluding hydrogens is 307 g/mol. The zero-order valence-electron chi connectivity index (χ0n) is 12.8. The normalized spacial score (nSPS) is 10.2. The van der Waals surface area contributed by atoms with Crippen LogP contribution in [-0.2, 0) is 6.61 Å². The van der Waals surface area contributed by atoms with Crippen molar-refractivity contribution in [3.8, 4) is 5.75 Å². The number of rotatable bonds is 5. The second-order valence-electron chi connectivity index (χ2n) is 5.07. The first-order valence-corrected chi connectivity index (χ1v) is 7.41. The van der Waals surface area contributed by atoms with Crippen LogP contribution in [0.3, 0.4) is 0 Å². The quantitative estimate of drug-likeness (QED) is 0.771. The Balaban J connectivity index is 1.67. The summed E-state index contributed by atoms with van der Waals surface area (Å²) in [5.41, 5.74) is 1.33. The standard InChI is InChI=1S/C19H15FN2O2/c20-18-10-2-1-9-17(18)19(23)22-14-7-5-8-16(12-14)24-13-15-6-3-4-11-21-15/h1-12H,13H2,(H,22,23). The number of ether oxygens (including phenoxy) is 1. The van der Waals surface area contributed by atoms with E-state index in [2.05, 4.69) is 10.3 Å². The van der Waals surface area contributed by atoms with Gasteiger partial charge >= 0.3 is 0 Å². The van der Waals surface area contributed by atoms with E-state index in [0.29, 0.717) is 18.0 Å². The van der Waals surface area contributed by atoms with Gasteiger partial charge in [-0.05, 0) is 36.4 Å². The molecule has 0 atom stereocenters. The van der Waals surface area contributed by atoms with Crippen LogP contribution in [0.1, 0.15) is 16.1 Å². The number of nitrogens with zero attached hydrogens (tertiary/aromatic N) is 1. The van der Waals surface area contributed by atoms with Crippen molar-refractivity contribution in [3.63, 3.8) is 0 Å². The summed E-state index contributed by atoms with van der Waals surface area (Å²) in [5.74, 6) is -0.473. The highest BCUT2D eigenvalue weighted by molar-refractivity contribution is 6.04. The summed E-state index contributed by atoms with van der Waals surface area (Å²) in [6.45, 7) is 0.325. The minimum absolute atomic E-state index is 0.00249. The summed E-state index contributed by atoms with van der Waals surface area (Å²) in [6, 6.07) is 18.4. The average molecular weight is 322 g/mol. The summed E-state index contributed by atoms with van der Waals surface area (Å²) in [7, 11) is 0. The fourth-order valence-corrected chi connectivity index (χ4v) is 2.15. The van der Waals surface area contributed by atoms with Crippen LogP contribution in [0.4, 0.5) is 10.1 Å². The molecular formula is C19H15FN2O2. The number of hydrogen-bond donors (Lipinski definition) is 1. The minimum Gasteiger partial charge on any atom is -0.487 e. The summed E-state index contributed by atoms with van der Waals surface area (Å²) in [4.78, 5) is 16.3. The lowest BCUT2D eigenvalue weighted by Gasteiger charge is -2.09. The molecule has 3 aromatic rings. The lowest BCUT2D eigenvalue weighted by atomic mass is 10.2. The van der Waals surface area contributed by atoms with Crippen molar-refractivity contribution < 1.29 is 13.9 Å². The van der Waals surface area contributed by atoms with Crippen molar-refractivity contribution in [2.24, 2.45) is 0 Å². The van der Waals surface area contributed by atoms with Gasteiger partial charge in [0.15, 0.2) is 0 Å². The summed E-state index contributed by atoms with van der Waals surface area (Å²) < 4.78 is 19.3. The Morgan fingerprint density at radius 1 is 1.04 bits per heavy atom. The highest BCUT2D eigenvalue weighted by Gasteiger charge is 2.11.